The summed E-state index contributed by atoms with van der Waals surface area (Å²) < 4.78 is 13.2. The first-order valence-corrected chi connectivity index (χ1v) is 36.3. The molecule has 6 aromatic rings. The van der Waals surface area contributed by atoms with Crippen molar-refractivity contribution in [3.63, 3.8) is 0 Å². The Morgan fingerprint density at radius 2 is 0.548 bits per heavy atom. The van der Waals surface area contributed by atoms with Crippen molar-refractivity contribution in [2.24, 2.45) is 0 Å². The van der Waals surface area contributed by atoms with E-state index in [1.54, 1.807) is 43.3 Å². The number of aliphatic carboxylic acids is 8. The minimum Gasteiger partial charge on any atom is -0.665 e. The number of hydrogen-bond donors (Lipinski definition) is 25. The summed E-state index contributed by atoms with van der Waals surface area (Å²) in [5.74, 6) is -11.3. The predicted octanol–water partition coefficient (Wildman–Crippen LogP) is 3.87. The summed E-state index contributed by atoms with van der Waals surface area (Å²) in [4.78, 5) is 94.9. The normalized spacial score (nSPS) is 22.5. The van der Waals surface area contributed by atoms with E-state index in [-0.39, 0.29) is 169 Å². The molecule has 699 valence electrons. The van der Waals surface area contributed by atoms with Crippen LogP contribution in [-0.4, -0.2) is 289 Å². The van der Waals surface area contributed by atoms with E-state index in [1.165, 1.54) is 66.7 Å². The first-order valence-electron chi connectivity index (χ1n) is 36.3. The average Bonchev–Trinajstić information content (AvgIpc) is 0.800. The number of esters is 1. The van der Waals surface area contributed by atoms with E-state index in [2.05, 4.69) is 35.5 Å². The number of aryl methyl sites for hydroxylation is 2. The molecule has 126 heavy (non-hydrogen) atoms. The van der Waals surface area contributed by atoms with Gasteiger partial charge in [-0.25, -0.2) is 23.8 Å². The third-order valence-corrected chi connectivity index (χ3v) is 18.2. The van der Waals surface area contributed by atoms with E-state index < -0.39 is 162 Å². The molecule has 0 aliphatic heterocycles. The standard InChI is InChI=1S/C10H12NO3.C10H12NO2.2C9H10NO4.2C9H10NO3.3C8H13O6.3Fe/c1-6-2-3-7(5-9(6)12)4-8(11)10(13)14;1-7-2-4-8(5-3-7)6-9(11)10(12)13;2*10-6(9(13)14)3-5-1-2-7(11)8(12)4-5;2*10-8(9(12)13)5-6-1-3-7(11)4-2-6;1-14-7(12)8(13)2-4(9)6(11)5(10)3-8;2*1-14-8(7(12)13)2-4(9)6(11)5(10)3-8;;;/h2-3,5,8,11-12H,4H2,1H3,(H,13,14);2-5,9,11H,6H2,1H3,(H,12,13);2*1-2,4,6,10-12H,3H2,(H,13,14);2*1-4,8,10-11H,5H2,(H,12,13);4-6,9-11,13H,1-3H2;2*4-6,9-11H,1-3H2,(H,12,13);;;/q9*-1;3*+3/t;;;;;;3*4-,5-,6?,8?;;;/m......111.../s1. The zero-order chi connectivity index (χ0) is 94.5. The molecule has 3 fully saturated rings. The molecule has 6 aromatic carbocycles. The Kier molecular flexibility index (Phi) is 55.0. The summed E-state index contributed by atoms with van der Waals surface area (Å²) in [6, 6.07) is 25.8. The summed E-state index contributed by atoms with van der Waals surface area (Å²) in [7, 11) is 8.86. The Morgan fingerprint density at radius 1 is 0.333 bits per heavy atom. The van der Waals surface area contributed by atoms with Crippen molar-refractivity contribution in [1.82, 2.24) is 0 Å². The Morgan fingerprint density at radius 3 is 0.762 bits per heavy atom. The van der Waals surface area contributed by atoms with Gasteiger partial charge in [0.05, 0.1) is 36.6 Å². The maximum absolute atomic E-state index is 11.0. The second kappa shape index (κ2) is 57.6. The number of nitrogens with one attached hydrogen (secondary N) is 6. The van der Waals surface area contributed by atoms with Crippen molar-refractivity contribution in [2.45, 2.75) is 199 Å². The van der Waals surface area contributed by atoms with Crippen LogP contribution < -0.4 is 0 Å². The third-order valence-electron chi connectivity index (χ3n) is 18.2. The molecule has 3 radical (unpaired) electrons. The number of carbonyl (C=O) groups excluding carboxylic acids is 1. The number of aliphatic hydroxyl groups is 10. The van der Waals surface area contributed by atoms with Crippen molar-refractivity contribution in [1.29, 1.82) is 0 Å². The summed E-state index contributed by atoms with van der Waals surface area (Å²) in [6.07, 6.45) is -13.2. The number of carboxylic acid groups (broad SMARTS) is 8. The number of ether oxygens (including phenoxy) is 3. The zero-order valence-corrected chi connectivity index (χ0v) is 70.3. The molecule has 3 aliphatic carbocycles. The van der Waals surface area contributed by atoms with Crippen LogP contribution in [0.1, 0.15) is 83.0 Å². The zero-order valence-electron chi connectivity index (χ0n) is 67.0. The van der Waals surface area contributed by atoms with Crippen molar-refractivity contribution in [3.05, 3.63) is 228 Å². The van der Waals surface area contributed by atoms with Gasteiger partial charge in [0, 0.05) is 38.5 Å². The number of aromatic hydroxyl groups is 7. The minimum absolute atomic E-state index is 0. The van der Waals surface area contributed by atoms with Gasteiger partial charge in [-0.2, -0.15) is 7.11 Å². The van der Waals surface area contributed by atoms with E-state index in [0.29, 0.717) is 16.7 Å². The van der Waals surface area contributed by atoms with Gasteiger partial charge in [0.15, 0.2) is 28.6 Å². The van der Waals surface area contributed by atoms with Crippen LogP contribution in [0.3, 0.4) is 0 Å². The molecule has 0 spiro atoms. The van der Waals surface area contributed by atoms with Crippen molar-refractivity contribution in [3.8, 4) is 40.2 Å². The van der Waals surface area contributed by atoms with Crippen LogP contribution >= 0.6 is 0 Å². The monoisotopic (exact) mass is 1910 g/mol. The van der Waals surface area contributed by atoms with Crippen molar-refractivity contribution in [2.75, 3.05) is 0 Å². The number of carbonyl (C=O) groups is 9. The number of phenolic OH excluding ortho intramolecular Hbond substituents is 7. The van der Waals surface area contributed by atoms with Crippen LogP contribution in [0.15, 0.2) is 127 Å². The van der Waals surface area contributed by atoms with E-state index in [0.717, 1.165) is 27.8 Å². The van der Waals surface area contributed by atoms with Gasteiger partial charge in [0.2, 0.25) is 0 Å². The van der Waals surface area contributed by atoms with Crippen molar-refractivity contribution >= 4 is 53.7 Å². The quantitative estimate of drug-likeness (QED) is 0.0187. The van der Waals surface area contributed by atoms with E-state index in [4.69, 9.17) is 111 Å². The van der Waals surface area contributed by atoms with Gasteiger partial charge in [-0.1, -0.05) is 78.4 Å². The molecule has 43 nitrogen and oxygen atoms in total. The molecule has 46 heteroatoms. The molecule has 0 aromatic heterocycles. The van der Waals surface area contributed by atoms with Gasteiger partial charge in [-0.3, -0.25) is 33.6 Å². The number of rotatable bonds is 23. The van der Waals surface area contributed by atoms with E-state index in [1.807, 2.05) is 31.2 Å². The van der Waals surface area contributed by atoms with Gasteiger partial charge >= 0.3 is 69.1 Å². The number of aliphatic hydroxyl groups excluding tert-OH is 9. The first-order chi connectivity index (χ1) is 57.0. The van der Waals surface area contributed by atoms with Gasteiger partial charge in [0.25, 0.3) is 35.8 Å². The van der Waals surface area contributed by atoms with Gasteiger partial charge < -0.3 is 176 Å². The second-order valence-electron chi connectivity index (χ2n) is 28.1. The fraction of sp³-hybridized carbons (Fsp3) is 0.400. The summed E-state index contributed by atoms with van der Waals surface area (Å²) in [5, 5.41) is 225. The Hall–Kier alpha value is -10.0. The number of phenols is 7. The first kappa shape index (κ1) is 120. The Bertz CT molecular complexity index is 3950. The summed E-state index contributed by atoms with van der Waals surface area (Å²) in [5.41, 5.74) is 43.6. The topological polar surface area (TPSA) is 830 Å². The average molecular weight is 1910 g/mol. The molecule has 9 rings (SSSR count). The van der Waals surface area contributed by atoms with Crippen LogP contribution in [0, 0.1) is 35.2 Å². The smallest absolute Gasteiger partial charge is 0.665 e. The molecule has 12 atom stereocenters. The van der Waals surface area contributed by atoms with Crippen LogP contribution in [0.4, 0.5) is 0 Å². The largest absolute Gasteiger partial charge is 3.00 e. The van der Waals surface area contributed by atoms with E-state index >= 15 is 0 Å². The molecule has 3 saturated carbocycles. The van der Waals surface area contributed by atoms with E-state index in [9.17, 15) is 94.2 Å². The molecule has 0 amide bonds. The predicted molar refractivity (Wildman–Crippen MR) is 428 cm³/mol. The molecular formula is C80H103Fe3N6O37. The second-order valence-corrected chi connectivity index (χ2v) is 28.1. The molecule has 0 heterocycles. The van der Waals surface area contributed by atoms with Crippen LogP contribution in [0.2, 0.25) is 0 Å². The van der Waals surface area contributed by atoms with Gasteiger partial charge in [-0.15, -0.1) is 0 Å². The number of benzene rings is 6. The fourth-order valence-corrected chi connectivity index (χ4v) is 10.9. The maximum Gasteiger partial charge on any atom is 3.00 e. The Balaban J connectivity index is -0.00000135. The summed E-state index contributed by atoms with van der Waals surface area (Å²) >= 11 is 0. The molecule has 0 saturated heterocycles. The SMILES string of the molecule is Cc1ccc(CC([NH-])C(=O)O)cc1.Cc1ccc(CC([NH-])C(=O)O)cc1O.[CH2-]OC(=O)C1(O)C[C@@H](O)C(O)[C@H](O)C1.[CH2-]OC1(C(=O)O)C[C@@H](O)C(O)[C@H](O)C1.[CH2-]OC1(C(=O)O)C[C@@H](O)C(O)[C@H](O)C1.[Fe+3].[Fe+3].[Fe+3].[NH-]C(Cc1ccc(O)c(O)c1)C(=O)O.[NH-]C(Cc1ccc(O)c(O)c1)C(=O)O.[NH-]C(Cc1ccc(O)cc1)C(=O)O.[NH-]C(Cc1ccc(O)cc1)C(=O)O. The van der Waals surface area contributed by atoms with Crippen molar-refractivity contribution < 1.29 is 236 Å². The number of hydrogen-bond acceptors (Lipinski definition) is 29. The molecular weight excluding hydrogens is 1800 g/mol. The van der Waals surface area contributed by atoms with Crippen LogP contribution in [-0.2, 0) is 147 Å². The minimum atomic E-state index is -1.97. The molecule has 3 aliphatic rings. The van der Waals surface area contributed by atoms with Crippen LogP contribution in [0.5, 0.6) is 40.2 Å². The van der Waals surface area contributed by atoms with Gasteiger partial charge in [-0.05, 0) is 182 Å². The molecule has 6 unspecified atom stereocenters. The summed E-state index contributed by atoms with van der Waals surface area (Å²) in [6.45, 7) is 3.73. The fourth-order valence-electron chi connectivity index (χ4n) is 10.9. The Labute approximate surface area is 752 Å². The van der Waals surface area contributed by atoms with Gasteiger partial charge in [0.1, 0.15) is 46.8 Å². The molecule has 0 bridgehead atoms. The molecule has 31 N–H and O–H groups in total. The maximum atomic E-state index is 11.0. The van der Waals surface area contributed by atoms with Crippen LogP contribution in [0.25, 0.3) is 34.4 Å². The third kappa shape index (κ3) is 41.6. The number of carboxylic acids is 8.